The van der Waals surface area contributed by atoms with Gasteiger partial charge in [-0.05, 0) is 51.6 Å². The number of hydrogen-bond donors (Lipinski definition) is 1. The fourth-order valence-corrected chi connectivity index (χ4v) is 1.89. The molecule has 0 radical (unpaired) electrons. The molecule has 1 aromatic rings. The van der Waals surface area contributed by atoms with E-state index < -0.39 is 0 Å². The first-order valence-electron chi connectivity index (χ1n) is 4.93. The van der Waals surface area contributed by atoms with Crippen molar-refractivity contribution in [2.45, 2.75) is 38.1 Å². The van der Waals surface area contributed by atoms with Crippen molar-refractivity contribution >= 4 is 17.0 Å². The predicted molar refractivity (Wildman–Crippen MR) is 65.3 cm³/mol. The highest BCUT2D eigenvalue weighted by Crippen LogP contribution is 2.19. The Labute approximate surface area is 95.5 Å². The highest BCUT2D eigenvalue weighted by atomic mass is 32.2. The van der Waals surface area contributed by atoms with Gasteiger partial charge in [-0.25, -0.2) is 0 Å². The summed E-state index contributed by atoms with van der Waals surface area (Å²) in [5.41, 5.74) is 1.03. The monoisotopic (exact) mass is 223 g/mol. The summed E-state index contributed by atoms with van der Waals surface area (Å²) in [5.74, 6) is 0. The first-order valence-corrected chi connectivity index (χ1v) is 5.75. The molecule has 82 valence electrons. The lowest BCUT2D eigenvalue weighted by atomic mass is 10.1. The lowest BCUT2D eigenvalue weighted by Gasteiger charge is -2.19. The van der Waals surface area contributed by atoms with Gasteiger partial charge < -0.3 is 5.32 Å². The molecule has 3 heteroatoms. The van der Waals surface area contributed by atoms with E-state index in [1.54, 1.807) is 0 Å². The van der Waals surface area contributed by atoms with Crippen LogP contribution in [0.2, 0.25) is 0 Å². The number of nitrogens with one attached hydrogen (secondary N) is 1. The summed E-state index contributed by atoms with van der Waals surface area (Å²) >= 11 is 1.23. The molecule has 0 aliphatic heterocycles. The Morgan fingerprint density at radius 3 is 2.20 bits per heavy atom. The number of thioether (sulfide) groups is 1. The molecule has 0 atom stereocenters. The molecule has 1 amide bonds. The maximum absolute atomic E-state index is 11.6. The third-order valence-electron chi connectivity index (χ3n) is 1.71. The number of hydrogen-bond acceptors (Lipinski definition) is 2. The average molecular weight is 223 g/mol. The Morgan fingerprint density at radius 1 is 1.20 bits per heavy atom. The van der Waals surface area contributed by atoms with Crippen LogP contribution in [0.5, 0.6) is 0 Å². The number of aryl methyl sites for hydroxylation is 1. The third-order valence-corrected chi connectivity index (χ3v) is 2.50. The van der Waals surface area contributed by atoms with Gasteiger partial charge in [-0.3, -0.25) is 4.79 Å². The lowest BCUT2D eigenvalue weighted by molar-refractivity contribution is 0.253. The minimum atomic E-state index is -0.172. The molecular weight excluding hydrogens is 206 g/mol. The highest BCUT2D eigenvalue weighted by Gasteiger charge is 2.14. The minimum absolute atomic E-state index is 0.00801. The Bertz CT molecular complexity index is 338. The smallest absolute Gasteiger partial charge is 0.284 e. The maximum atomic E-state index is 11.6. The van der Waals surface area contributed by atoms with Gasteiger partial charge in [0.2, 0.25) is 0 Å². The molecular formula is C12H17NOS. The molecule has 0 spiro atoms. The minimum Gasteiger partial charge on any atom is -0.342 e. The van der Waals surface area contributed by atoms with Gasteiger partial charge in [0.05, 0.1) is 0 Å². The summed E-state index contributed by atoms with van der Waals surface area (Å²) in [5, 5.41) is 2.90. The predicted octanol–water partition coefficient (Wildman–Crippen LogP) is 3.60. The number of amides is 1. The van der Waals surface area contributed by atoms with Crippen LogP contribution in [0.15, 0.2) is 29.2 Å². The zero-order valence-corrected chi connectivity index (χ0v) is 10.4. The molecule has 0 aliphatic rings. The van der Waals surface area contributed by atoms with E-state index in [0.717, 1.165) is 4.90 Å². The SMILES string of the molecule is Cc1ccc(SC(=O)NC(C)(C)C)cc1. The Balaban J connectivity index is 2.55. The van der Waals surface area contributed by atoms with E-state index in [0.29, 0.717) is 0 Å². The zero-order chi connectivity index (χ0) is 11.5. The summed E-state index contributed by atoms with van der Waals surface area (Å²) in [7, 11) is 0. The Kier molecular flexibility index (Phi) is 3.80. The molecule has 0 bridgehead atoms. The topological polar surface area (TPSA) is 29.1 Å². The second-order valence-electron chi connectivity index (χ2n) is 4.58. The second kappa shape index (κ2) is 4.71. The van der Waals surface area contributed by atoms with Gasteiger partial charge in [-0.2, -0.15) is 0 Å². The fraction of sp³-hybridized carbons (Fsp3) is 0.417. The number of benzene rings is 1. The standard InChI is InChI=1S/C12H17NOS/c1-9-5-7-10(8-6-9)15-11(14)13-12(2,3)4/h5-8H,1-4H3,(H,13,14). The Morgan fingerprint density at radius 2 is 1.73 bits per heavy atom. The molecule has 0 aliphatic carbocycles. The van der Waals surface area contributed by atoms with Gasteiger partial charge in [-0.1, -0.05) is 17.7 Å². The van der Waals surface area contributed by atoms with Crippen LogP contribution in [-0.4, -0.2) is 10.8 Å². The second-order valence-corrected chi connectivity index (χ2v) is 5.62. The molecule has 1 aromatic carbocycles. The van der Waals surface area contributed by atoms with Crippen LogP contribution < -0.4 is 5.32 Å². The molecule has 0 saturated heterocycles. The van der Waals surface area contributed by atoms with Crippen LogP contribution in [0.4, 0.5) is 4.79 Å². The lowest BCUT2D eigenvalue weighted by Crippen LogP contribution is -2.38. The van der Waals surface area contributed by atoms with Crippen molar-refractivity contribution in [2.75, 3.05) is 0 Å². The van der Waals surface area contributed by atoms with Crippen molar-refractivity contribution in [2.24, 2.45) is 0 Å². The summed E-state index contributed by atoms with van der Waals surface area (Å²) in [6, 6.07) is 7.93. The van der Waals surface area contributed by atoms with Crippen LogP contribution in [0.25, 0.3) is 0 Å². The first kappa shape index (κ1) is 12.1. The van der Waals surface area contributed by atoms with E-state index >= 15 is 0 Å². The third kappa shape index (κ3) is 4.88. The zero-order valence-electron chi connectivity index (χ0n) is 9.63. The number of rotatable bonds is 1. The first-order chi connectivity index (χ1) is 6.87. The number of carbonyl (C=O) groups is 1. The quantitative estimate of drug-likeness (QED) is 0.737. The van der Waals surface area contributed by atoms with Gasteiger partial charge in [-0.15, -0.1) is 0 Å². The van der Waals surface area contributed by atoms with Crippen molar-refractivity contribution in [1.29, 1.82) is 0 Å². The number of carbonyl (C=O) groups excluding carboxylic acids is 1. The Hall–Kier alpha value is -0.960. The van der Waals surface area contributed by atoms with E-state index in [4.69, 9.17) is 0 Å². The summed E-state index contributed by atoms with van der Waals surface area (Å²) in [6.45, 7) is 7.95. The van der Waals surface area contributed by atoms with E-state index in [2.05, 4.69) is 5.32 Å². The van der Waals surface area contributed by atoms with Gasteiger partial charge >= 0.3 is 0 Å². The maximum Gasteiger partial charge on any atom is 0.284 e. The van der Waals surface area contributed by atoms with Crippen LogP contribution in [-0.2, 0) is 0 Å². The van der Waals surface area contributed by atoms with Gasteiger partial charge in [0, 0.05) is 10.4 Å². The van der Waals surface area contributed by atoms with Crippen molar-refractivity contribution in [3.05, 3.63) is 29.8 Å². The largest absolute Gasteiger partial charge is 0.342 e. The van der Waals surface area contributed by atoms with Crippen LogP contribution >= 0.6 is 11.8 Å². The molecule has 1 rings (SSSR count). The average Bonchev–Trinajstić information content (AvgIpc) is 2.05. The molecule has 2 nitrogen and oxygen atoms in total. The highest BCUT2D eigenvalue weighted by molar-refractivity contribution is 8.13. The van der Waals surface area contributed by atoms with Crippen LogP contribution in [0, 0.1) is 6.92 Å². The van der Waals surface area contributed by atoms with Crippen molar-refractivity contribution < 1.29 is 4.79 Å². The molecule has 0 unspecified atom stereocenters. The van der Waals surface area contributed by atoms with Crippen molar-refractivity contribution in [3.8, 4) is 0 Å². The normalized spacial score (nSPS) is 11.2. The van der Waals surface area contributed by atoms with Gasteiger partial charge in [0.25, 0.3) is 5.24 Å². The summed E-state index contributed by atoms with van der Waals surface area (Å²) < 4.78 is 0. The summed E-state index contributed by atoms with van der Waals surface area (Å²) in [6.07, 6.45) is 0. The van der Waals surface area contributed by atoms with Crippen molar-refractivity contribution in [3.63, 3.8) is 0 Å². The van der Waals surface area contributed by atoms with Gasteiger partial charge in [0.1, 0.15) is 0 Å². The molecule has 0 aromatic heterocycles. The molecule has 0 heterocycles. The molecule has 15 heavy (non-hydrogen) atoms. The van der Waals surface area contributed by atoms with E-state index in [9.17, 15) is 4.79 Å². The van der Waals surface area contributed by atoms with E-state index in [-0.39, 0.29) is 10.8 Å². The van der Waals surface area contributed by atoms with E-state index in [1.807, 2.05) is 52.0 Å². The van der Waals surface area contributed by atoms with Crippen LogP contribution in [0.3, 0.4) is 0 Å². The van der Waals surface area contributed by atoms with Crippen LogP contribution in [0.1, 0.15) is 26.3 Å². The van der Waals surface area contributed by atoms with E-state index in [1.165, 1.54) is 17.3 Å². The van der Waals surface area contributed by atoms with Crippen molar-refractivity contribution in [1.82, 2.24) is 5.32 Å². The molecule has 0 saturated carbocycles. The fourth-order valence-electron chi connectivity index (χ4n) is 1.05. The van der Waals surface area contributed by atoms with Gasteiger partial charge in [0.15, 0.2) is 0 Å². The molecule has 0 fully saturated rings. The summed E-state index contributed by atoms with van der Waals surface area (Å²) in [4.78, 5) is 12.5. The molecule has 1 N–H and O–H groups in total.